The van der Waals surface area contributed by atoms with Crippen LogP contribution in [0.4, 0.5) is 5.69 Å². The van der Waals surface area contributed by atoms with Crippen molar-refractivity contribution in [2.45, 2.75) is 19.4 Å². The van der Waals surface area contributed by atoms with Gasteiger partial charge in [-0.2, -0.15) is 0 Å². The molecule has 0 unspecified atom stereocenters. The maximum absolute atomic E-state index is 11.1. The van der Waals surface area contributed by atoms with Crippen LogP contribution in [0.5, 0.6) is 0 Å². The number of hydrogen-bond donors (Lipinski definition) is 3. The summed E-state index contributed by atoms with van der Waals surface area (Å²) >= 11 is 0. The normalized spacial score (nSPS) is 11.9. The summed E-state index contributed by atoms with van der Waals surface area (Å²) < 4.78 is 0. The van der Waals surface area contributed by atoms with Gasteiger partial charge in [0.05, 0.1) is 12.6 Å². The summed E-state index contributed by atoms with van der Waals surface area (Å²) in [4.78, 5) is 15.0. The second-order valence-corrected chi connectivity index (χ2v) is 5.01. The zero-order valence-electron chi connectivity index (χ0n) is 11.9. The first kappa shape index (κ1) is 15.0. The van der Waals surface area contributed by atoms with Crippen molar-refractivity contribution in [3.63, 3.8) is 0 Å². The van der Waals surface area contributed by atoms with Crippen molar-refractivity contribution in [1.29, 1.82) is 0 Å². The van der Waals surface area contributed by atoms with Crippen molar-refractivity contribution in [2.24, 2.45) is 5.73 Å². The van der Waals surface area contributed by atoms with Crippen LogP contribution >= 0.6 is 0 Å². The van der Waals surface area contributed by atoms with Crippen LogP contribution in [0.15, 0.2) is 42.6 Å². The molecule has 0 bridgehead atoms. The topological polar surface area (TPSA) is 88.2 Å². The molecule has 1 amide bonds. The van der Waals surface area contributed by atoms with Crippen LogP contribution in [0.2, 0.25) is 0 Å². The lowest BCUT2D eigenvalue weighted by Crippen LogP contribution is -2.26. The van der Waals surface area contributed by atoms with Crippen LogP contribution in [0.3, 0.4) is 0 Å². The number of aliphatic hydroxyl groups excluding tert-OH is 1. The van der Waals surface area contributed by atoms with Crippen LogP contribution < -0.4 is 11.1 Å². The minimum atomic E-state index is -0.571. The summed E-state index contributed by atoms with van der Waals surface area (Å²) in [5.74, 6) is -0.571. The Morgan fingerprint density at radius 3 is 2.86 bits per heavy atom. The van der Waals surface area contributed by atoms with E-state index in [-0.39, 0.29) is 18.3 Å². The monoisotopic (exact) mass is 285 g/mol. The number of amides is 1. The second kappa shape index (κ2) is 6.85. The van der Waals surface area contributed by atoms with E-state index in [1.165, 1.54) is 11.8 Å². The van der Waals surface area contributed by atoms with Gasteiger partial charge in [-0.05, 0) is 31.0 Å². The van der Waals surface area contributed by atoms with Crippen LogP contribution in [0, 0.1) is 6.92 Å². The number of hydrogen-bond acceptors (Lipinski definition) is 4. The van der Waals surface area contributed by atoms with E-state index in [9.17, 15) is 9.90 Å². The number of aromatic nitrogens is 1. The smallest absolute Gasteiger partial charge is 0.267 e. The molecule has 0 saturated carbocycles. The van der Waals surface area contributed by atoms with E-state index < -0.39 is 5.91 Å². The molecule has 1 heterocycles. The Balaban J connectivity index is 2.08. The number of primary amides is 1. The van der Waals surface area contributed by atoms with Crippen LogP contribution in [0.25, 0.3) is 0 Å². The average Bonchev–Trinajstić information content (AvgIpc) is 2.47. The third-order valence-corrected chi connectivity index (χ3v) is 3.17. The Morgan fingerprint density at radius 2 is 2.19 bits per heavy atom. The van der Waals surface area contributed by atoms with Gasteiger partial charge in [0.25, 0.3) is 5.91 Å². The maximum atomic E-state index is 11.1. The molecule has 5 nitrogen and oxygen atoms in total. The molecule has 0 aliphatic rings. The molecule has 0 aliphatic carbocycles. The summed E-state index contributed by atoms with van der Waals surface area (Å²) in [6, 6.07) is 11.3. The Bertz CT molecular complexity index is 628. The highest BCUT2D eigenvalue weighted by molar-refractivity contribution is 5.91. The van der Waals surface area contributed by atoms with E-state index in [2.05, 4.69) is 16.4 Å². The Kier molecular flexibility index (Phi) is 4.90. The molecule has 1 aromatic carbocycles. The Hall–Kier alpha value is -2.40. The molecule has 4 N–H and O–H groups in total. The first-order chi connectivity index (χ1) is 10.1. The van der Waals surface area contributed by atoms with Gasteiger partial charge in [0.2, 0.25) is 0 Å². The number of nitrogens with zero attached hydrogens (tertiary/aromatic N) is 1. The molecule has 21 heavy (non-hydrogen) atoms. The number of carbonyl (C=O) groups excluding carboxylic acids is 1. The minimum Gasteiger partial charge on any atom is -0.394 e. The number of pyridine rings is 1. The summed E-state index contributed by atoms with van der Waals surface area (Å²) in [5, 5.41) is 12.7. The highest BCUT2D eigenvalue weighted by atomic mass is 16.3. The number of aliphatic hydroxyl groups is 1. The number of aryl methyl sites for hydroxylation is 1. The largest absolute Gasteiger partial charge is 0.394 e. The highest BCUT2D eigenvalue weighted by Gasteiger charge is 2.10. The van der Waals surface area contributed by atoms with Gasteiger partial charge in [-0.25, -0.2) is 0 Å². The molecule has 1 atom stereocenters. The molecule has 1 aromatic heterocycles. The number of benzene rings is 1. The molecular formula is C16H19N3O2. The number of rotatable bonds is 6. The fourth-order valence-corrected chi connectivity index (χ4v) is 2.18. The Morgan fingerprint density at radius 1 is 1.38 bits per heavy atom. The molecule has 110 valence electrons. The van der Waals surface area contributed by atoms with Gasteiger partial charge in [-0.3, -0.25) is 9.78 Å². The van der Waals surface area contributed by atoms with Crippen molar-refractivity contribution in [1.82, 2.24) is 4.98 Å². The molecule has 2 aromatic rings. The van der Waals surface area contributed by atoms with Gasteiger partial charge in [-0.15, -0.1) is 0 Å². The molecule has 2 rings (SSSR count). The van der Waals surface area contributed by atoms with Gasteiger partial charge in [0, 0.05) is 11.9 Å². The fraction of sp³-hybridized carbons (Fsp3) is 0.250. The SMILES string of the molecule is Cc1cccc(C[C@H](CO)Nc2ccnc(C(N)=O)c2)c1. The first-order valence-electron chi connectivity index (χ1n) is 6.77. The van der Waals surface area contributed by atoms with E-state index in [0.29, 0.717) is 12.1 Å². The van der Waals surface area contributed by atoms with Gasteiger partial charge < -0.3 is 16.2 Å². The number of nitrogens with one attached hydrogen (secondary N) is 1. The summed E-state index contributed by atoms with van der Waals surface area (Å²) in [7, 11) is 0. The minimum absolute atomic E-state index is 0.0117. The van der Waals surface area contributed by atoms with Crippen LogP contribution in [-0.4, -0.2) is 28.6 Å². The van der Waals surface area contributed by atoms with E-state index in [1.807, 2.05) is 25.1 Å². The number of anilines is 1. The highest BCUT2D eigenvalue weighted by Crippen LogP contribution is 2.13. The van der Waals surface area contributed by atoms with Crippen LogP contribution in [0.1, 0.15) is 21.6 Å². The number of nitrogens with two attached hydrogens (primary N) is 1. The lowest BCUT2D eigenvalue weighted by atomic mass is 10.0. The van der Waals surface area contributed by atoms with E-state index >= 15 is 0 Å². The summed E-state index contributed by atoms with van der Waals surface area (Å²) in [6.45, 7) is 2.02. The van der Waals surface area contributed by atoms with Gasteiger partial charge in [0.1, 0.15) is 5.69 Å². The zero-order chi connectivity index (χ0) is 15.2. The Labute approximate surface area is 123 Å². The van der Waals surface area contributed by atoms with Gasteiger partial charge >= 0.3 is 0 Å². The van der Waals surface area contributed by atoms with Crippen molar-refractivity contribution >= 4 is 11.6 Å². The van der Waals surface area contributed by atoms with Gasteiger partial charge in [0.15, 0.2) is 0 Å². The molecule has 5 heteroatoms. The second-order valence-electron chi connectivity index (χ2n) is 5.01. The molecule has 0 aliphatic heterocycles. The van der Waals surface area contributed by atoms with Crippen LogP contribution in [-0.2, 0) is 6.42 Å². The van der Waals surface area contributed by atoms with E-state index in [1.54, 1.807) is 12.1 Å². The van der Waals surface area contributed by atoms with Crippen molar-refractivity contribution in [3.05, 3.63) is 59.4 Å². The van der Waals surface area contributed by atoms with E-state index in [4.69, 9.17) is 5.73 Å². The first-order valence-corrected chi connectivity index (χ1v) is 6.77. The standard InChI is InChI=1S/C16H19N3O2/c1-11-3-2-4-12(7-11)8-14(10-20)19-13-5-6-18-15(9-13)16(17)21/h2-7,9,14,20H,8,10H2,1H3,(H2,17,21)(H,18,19)/t14-/m1/s1. The summed E-state index contributed by atoms with van der Waals surface area (Å²) in [5.41, 5.74) is 8.45. The molecule has 0 spiro atoms. The third-order valence-electron chi connectivity index (χ3n) is 3.17. The molecule has 0 radical (unpaired) electrons. The van der Waals surface area contributed by atoms with Crippen molar-refractivity contribution in [2.75, 3.05) is 11.9 Å². The fourth-order valence-electron chi connectivity index (χ4n) is 2.18. The predicted octanol–water partition coefficient (Wildman–Crippen LogP) is 1.50. The van der Waals surface area contributed by atoms with Crippen molar-refractivity contribution in [3.8, 4) is 0 Å². The maximum Gasteiger partial charge on any atom is 0.267 e. The number of carbonyl (C=O) groups is 1. The third kappa shape index (κ3) is 4.29. The molecule has 0 saturated heterocycles. The lowest BCUT2D eigenvalue weighted by molar-refractivity contribution is 0.0995. The summed E-state index contributed by atoms with van der Waals surface area (Å²) in [6.07, 6.45) is 2.20. The molecular weight excluding hydrogens is 266 g/mol. The quantitative estimate of drug-likeness (QED) is 0.750. The van der Waals surface area contributed by atoms with Crippen molar-refractivity contribution < 1.29 is 9.90 Å². The average molecular weight is 285 g/mol. The lowest BCUT2D eigenvalue weighted by Gasteiger charge is -2.18. The predicted molar refractivity (Wildman–Crippen MR) is 82.1 cm³/mol. The molecule has 0 fully saturated rings. The van der Waals surface area contributed by atoms with E-state index in [0.717, 1.165) is 5.56 Å². The van der Waals surface area contributed by atoms with Gasteiger partial charge in [-0.1, -0.05) is 29.8 Å². The zero-order valence-corrected chi connectivity index (χ0v) is 11.9.